The fourth-order valence-electron chi connectivity index (χ4n) is 2.14. The fraction of sp³-hybridized carbons (Fsp3) is 0. The average Bonchev–Trinajstić information content (AvgIpc) is 2.85. The van der Waals surface area contributed by atoms with Crippen LogP contribution in [0.3, 0.4) is 0 Å². The van der Waals surface area contributed by atoms with Crippen LogP contribution in [-0.4, -0.2) is 4.98 Å². The Hall–Kier alpha value is -1.91. The number of hydrogen-bond donors (Lipinski definition) is 1. The summed E-state index contributed by atoms with van der Waals surface area (Å²) in [7, 11) is 0. The summed E-state index contributed by atoms with van der Waals surface area (Å²) in [6, 6.07) is 14.2. The number of nitrogen functional groups attached to an aromatic ring is 1. The number of thiophene rings is 1. The molecule has 0 spiro atoms. The minimum absolute atomic E-state index is 0.544. The molecule has 0 radical (unpaired) electrons. The van der Waals surface area contributed by atoms with Crippen LogP contribution in [0.2, 0.25) is 0 Å². The van der Waals surface area contributed by atoms with Gasteiger partial charge in [-0.3, -0.25) is 4.98 Å². The maximum absolute atomic E-state index is 9.26. The van der Waals surface area contributed by atoms with Crippen LogP contribution in [0.1, 0.15) is 4.88 Å². The largest absolute Gasteiger partial charge is 0.396 e. The Morgan fingerprint density at radius 2 is 1.71 bits per heavy atom. The predicted octanol–water partition coefficient (Wildman–Crippen LogP) is 4.54. The third-order valence-electron chi connectivity index (χ3n) is 3.12. The van der Waals surface area contributed by atoms with Crippen molar-refractivity contribution in [1.29, 1.82) is 5.26 Å². The van der Waals surface area contributed by atoms with Crippen LogP contribution in [0.5, 0.6) is 0 Å². The van der Waals surface area contributed by atoms with Crippen LogP contribution < -0.4 is 5.73 Å². The van der Waals surface area contributed by atoms with Gasteiger partial charge in [-0.25, -0.2) is 0 Å². The van der Waals surface area contributed by atoms with Crippen molar-refractivity contribution in [2.75, 3.05) is 5.73 Å². The second-order valence-electron chi connectivity index (χ2n) is 4.40. The average molecular weight is 403 g/mol. The monoisotopic (exact) mass is 403 g/mol. The number of pyridine rings is 1. The second-order valence-corrected chi connectivity index (χ2v) is 6.67. The van der Waals surface area contributed by atoms with Gasteiger partial charge in [-0.15, -0.1) is 11.3 Å². The molecule has 0 aliphatic heterocycles. The lowest BCUT2D eigenvalue weighted by molar-refractivity contribution is 1.33. The van der Waals surface area contributed by atoms with E-state index in [2.05, 4.69) is 45.8 Å². The Morgan fingerprint density at radius 1 is 1.05 bits per heavy atom. The Bertz CT molecular complexity index is 817. The minimum atomic E-state index is 0.544. The van der Waals surface area contributed by atoms with E-state index in [-0.39, 0.29) is 0 Å². The van der Waals surface area contributed by atoms with Gasteiger partial charge in [-0.1, -0.05) is 12.1 Å². The van der Waals surface area contributed by atoms with Crippen molar-refractivity contribution < 1.29 is 0 Å². The van der Waals surface area contributed by atoms with Crippen LogP contribution >= 0.6 is 33.9 Å². The molecule has 102 valence electrons. The third-order valence-corrected chi connectivity index (χ3v) is 5.00. The van der Waals surface area contributed by atoms with Crippen molar-refractivity contribution >= 4 is 39.6 Å². The highest BCUT2D eigenvalue weighted by atomic mass is 127. The molecule has 2 heterocycles. The molecule has 3 aromatic rings. The van der Waals surface area contributed by atoms with Gasteiger partial charge < -0.3 is 5.73 Å². The maximum atomic E-state index is 9.26. The zero-order valence-electron chi connectivity index (χ0n) is 10.9. The zero-order chi connectivity index (χ0) is 14.8. The highest BCUT2D eigenvalue weighted by Crippen LogP contribution is 2.44. The zero-order valence-corrected chi connectivity index (χ0v) is 13.9. The maximum Gasteiger partial charge on any atom is 0.129 e. The van der Waals surface area contributed by atoms with E-state index in [9.17, 15) is 5.26 Å². The molecule has 5 heteroatoms. The van der Waals surface area contributed by atoms with E-state index in [0.29, 0.717) is 10.6 Å². The van der Waals surface area contributed by atoms with Crippen LogP contribution in [-0.2, 0) is 0 Å². The van der Waals surface area contributed by atoms with E-state index >= 15 is 0 Å². The van der Waals surface area contributed by atoms with Gasteiger partial charge in [0.15, 0.2) is 0 Å². The molecule has 3 rings (SSSR count). The van der Waals surface area contributed by atoms with E-state index in [4.69, 9.17) is 5.73 Å². The predicted molar refractivity (Wildman–Crippen MR) is 94.8 cm³/mol. The van der Waals surface area contributed by atoms with Gasteiger partial charge in [0, 0.05) is 26.4 Å². The molecule has 2 N–H and O–H groups in total. The van der Waals surface area contributed by atoms with Crippen molar-refractivity contribution in [3.63, 3.8) is 0 Å². The smallest absolute Gasteiger partial charge is 0.129 e. The number of aromatic nitrogens is 1. The first-order valence-corrected chi connectivity index (χ1v) is 8.09. The first kappa shape index (κ1) is 14.0. The van der Waals surface area contributed by atoms with E-state index in [0.717, 1.165) is 21.6 Å². The molecule has 0 unspecified atom stereocenters. The number of nitriles is 1. The Labute approximate surface area is 140 Å². The highest BCUT2D eigenvalue weighted by molar-refractivity contribution is 14.1. The molecule has 0 saturated carbocycles. The van der Waals surface area contributed by atoms with E-state index < -0.39 is 0 Å². The molecule has 0 aliphatic rings. The van der Waals surface area contributed by atoms with E-state index in [1.54, 1.807) is 12.4 Å². The SMILES string of the molecule is N#Cc1sc(-c2ccc(I)cc2)c(-c2ccncc2)c1N. The normalized spacial score (nSPS) is 10.3. The lowest BCUT2D eigenvalue weighted by Crippen LogP contribution is -1.89. The van der Waals surface area contributed by atoms with Gasteiger partial charge in [-0.05, 0) is 58.0 Å². The van der Waals surface area contributed by atoms with Crippen LogP contribution in [0, 0.1) is 14.9 Å². The lowest BCUT2D eigenvalue weighted by atomic mass is 10.0. The molecule has 0 fully saturated rings. The Kier molecular flexibility index (Phi) is 3.90. The first-order valence-electron chi connectivity index (χ1n) is 6.19. The molecule has 2 aromatic heterocycles. The van der Waals surface area contributed by atoms with Crippen molar-refractivity contribution in [3.8, 4) is 27.6 Å². The van der Waals surface area contributed by atoms with E-state index in [1.165, 1.54) is 14.9 Å². The summed E-state index contributed by atoms with van der Waals surface area (Å²) in [5.41, 5.74) is 9.69. The molecule has 0 aliphatic carbocycles. The molecule has 21 heavy (non-hydrogen) atoms. The second kappa shape index (κ2) is 5.84. The van der Waals surface area contributed by atoms with Gasteiger partial charge in [-0.2, -0.15) is 5.26 Å². The van der Waals surface area contributed by atoms with Gasteiger partial charge in [0.05, 0.1) is 5.69 Å². The first-order chi connectivity index (χ1) is 10.2. The number of nitrogens with zero attached hydrogens (tertiary/aromatic N) is 2. The minimum Gasteiger partial charge on any atom is -0.396 e. The molecule has 0 atom stereocenters. The van der Waals surface area contributed by atoms with Crippen molar-refractivity contribution in [3.05, 3.63) is 57.2 Å². The van der Waals surface area contributed by atoms with Gasteiger partial charge in [0.1, 0.15) is 10.9 Å². The fourth-order valence-corrected chi connectivity index (χ4v) is 3.54. The number of anilines is 1. The molecule has 1 aromatic carbocycles. The third kappa shape index (κ3) is 2.64. The van der Waals surface area contributed by atoms with Gasteiger partial charge in [0.25, 0.3) is 0 Å². The molecule has 0 amide bonds. The van der Waals surface area contributed by atoms with Crippen LogP contribution in [0.4, 0.5) is 5.69 Å². The summed E-state index contributed by atoms with van der Waals surface area (Å²) in [5, 5.41) is 9.26. The molecular weight excluding hydrogens is 393 g/mol. The van der Waals surface area contributed by atoms with E-state index in [1.807, 2.05) is 24.3 Å². The summed E-state index contributed by atoms with van der Waals surface area (Å²) in [4.78, 5) is 5.61. The Morgan fingerprint density at radius 3 is 2.33 bits per heavy atom. The quantitative estimate of drug-likeness (QED) is 0.640. The van der Waals surface area contributed by atoms with Crippen molar-refractivity contribution in [2.45, 2.75) is 0 Å². The number of hydrogen-bond acceptors (Lipinski definition) is 4. The summed E-state index contributed by atoms with van der Waals surface area (Å²) in [6.07, 6.45) is 3.46. The van der Waals surface area contributed by atoms with Gasteiger partial charge in [0.2, 0.25) is 0 Å². The molecule has 0 saturated heterocycles. The summed E-state index contributed by atoms with van der Waals surface area (Å²) >= 11 is 3.70. The topological polar surface area (TPSA) is 62.7 Å². The number of rotatable bonds is 2. The number of halogens is 1. The van der Waals surface area contributed by atoms with Gasteiger partial charge >= 0.3 is 0 Å². The summed E-state index contributed by atoms with van der Waals surface area (Å²) < 4.78 is 1.17. The molecule has 0 bridgehead atoms. The molecular formula is C16H10IN3S. The van der Waals surface area contributed by atoms with Crippen molar-refractivity contribution in [1.82, 2.24) is 4.98 Å². The van der Waals surface area contributed by atoms with Crippen molar-refractivity contribution in [2.24, 2.45) is 0 Å². The Balaban J connectivity index is 2.26. The highest BCUT2D eigenvalue weighted by Gasteiger charge is 2.18. The summed E-state index contributed by atoms with van der Waals surface area (Å²) in [5.74, 6) is 0. The number of nitrogens with two attached hydrogens (primary N) is 1. The molecule has 3 nitrogen and oxygen atoms in total. The number of benzene rings is 1. The van der Waals surface area contributed by atoms with Crippen LogP contribution in [0.15, 0.2) is 48.8 Å². The standard InChI is InChI=1S/C16H10IN3S/c17-12-3-1-11(2-4-12)16-14(10-5-7-20-8-6-10)15(19)13(9-18)21-16/h1-8H,19H2. The summed E-state index contributed by atoms with van der Waals surface area (Å²) in [6.45, 7) is 0. The van der Waals surface area contributed by atoms with Crippen LogP contribution in [0.25, 0.3) is 21.6 Å². The lowest BCUT2D eigenvalue weighted by Gasteiger charge is -2.06.